The Morgan fingerprint density at radius 3 is 2.67 bits per heavy atom. The second-order valence-electron chi connectivity index (χ2n) is 5.86. The third-order valence-corrected chi connectivity index (χ3v) is 6.11. The molecule has 0 amide bonds. The summed E-state index contributed by atoms with van der Waals surface area (Å²) in [5, 5.41) is 0. The molecule has 4 aliphatic rings. The number of hydrogen-bond acceptors (Lipinski definition) is 0. The van der Waals surface area contributed by atoms with Crippen LogP contribution in [0.2, 0.25) is 0 Å². The van der Waals surface area contributed by atoms with E-state index in [1.54, 1.807) is 25.7 Å². The molecule has 4 aliphatic carbocycles. The van der Waals surface area contributed by atoms with Gasteiger partial charge in [0.2, 0.25) is 0 Å². The summed E-state index contributed by atoms with van der Waals surface area (Å²) in [4.78, 5) is 0. The third-order valence-electron chi connectivity index (χ3n) is 6.11. The Bertz CT molecular complexity index is 244. The normalized spacial score (nSPS) is 70.2. The van der Waals surface area contributed by atoms with E-state index in [-0.39, 0.29) is 0 Å². The summed E-state index contributed by atoms with van der Waals surface area (Å²) in [5.74, 6) is 5.99. The minimum Gasteiger partial charge on any atom is -0.0651 e. The fourth-order valence-corrected chi connectivity index (χ4v) is 5.79. The molecule has 0 saturated heterocycles. The van der Waals surface area contributed by atoms with Crippen LogP contribution in [-0.4, -0.2) is 0 Å². The van der Waals surface area contributed by atoms with E-state index in [2.05, 4.69) is 6.92 Å². The van der Waals surface area contributed by atoms with E-state index >= 15 is 0 Å². The molecular weight excluding hydrogens is 144 g/mol. The van der Waals surface area contributed by atoms with Gasteiger partial charge in [-0.25, -0.2) is 0 Å². The second-order valence-corrected chi connectivity index (χ2v) is 5.86. The standard InChI is InChI=1S/C12H18/c1-2-10-7-3-8-4-9-5-11(10)12(8,9)6-7/h7-11H,2-6H2,1H3. The summed E-state index contributed by atoms with van der Waals surface area (Å²) in [7, 11) is 0. The van der Waals surface area contributed by atoms with Crippen LogP contribution in [0.5, 0.6) is 0 Å². The van der Waals surface area contributed by atoms with Crippen LogP contribution < -0.4 is 0 Å². The number of fused-ring (bicyclic) bond motifs is 1. The maximum absolute atomic E-state index is 2.42. The van der Waals surface area contributed by atoms with Crippen molar-refractivity contribution in [2.24, 2.45) is 35.0 Å². The van der Waals surface area contributed by atoms with Crippen molar-refractivity contribution in [3.8, 4) is 0 Å². The summed E-state index contributed by atoms with van der Waals surface area (Å²) >= 11 is 0. The van der Waals surface area contributed by atoms with Crippen LogP contribution >= 0.6 is 0 Å². The first-order valence-electron chi connectivity index (χ1n) is 5.86. The first-order valence-corrected chi connectivity index (χ1v) is 5.86. The molecule has 0 aromatic heterocycles. The predicted molar refractivity (Wildman–Crippen MR) is 48.6 cm³/mol. The van der Waals surface area contributed by atoms with E-state index in [4.69, 9.17) is 0 Å². The molecule has 0 aromatic rings. The van der Waals surface area contributed by atoms with Crippen LogP contribution in [0.25, 0.3) is 0 Å². The summed E-state index contributed by atoms with van der Waals surface area (Å²) in [6.07, 6.45) is 8.03. The summed E-state index contributed by atoms with van der Waals surface area (Å²) in [5.41, 5.74) is 0.978. The Labute approximate surface area is 74.7 Å². The van der Waals surface area contributed by atoms with Crippen LogP contribution in [0.15, 0.2) is 0 Å². The first-order chi connectivity index (χ1) is 5.86. The fraction of sp³-hybridized carbons (Fsp3) is 1.00. The Hall–Kier alpha value is 0. The molecule has 0 nitrogen and oxygen atoms in total. The topological polar surface area (TPSA) is 0 Å². The predicted octanol–water partition coefficient (Wildman–Crippen LogP) is 3.08. The molecule has 4 rings (SSSR count). The van der Waals surface area contributed by atoms with Crippen molar-refractivity contribution < 1.29 is 0 Å². The SMILES string of the molecule is CCC1C2CC3CC4CC1C34C2. The van der Waals surface area contributed by atoms with Gasteiger partial charge in [0, 0.05) is 0 Å². The van der Waals surface area contributed by atoms with E-state index in [9.17, 15) is 0 Å². The summed E-state index contributed by atoms with van der Waals surface area (Å²) < 4.78 is 0. The minimum atomic E-state index is 0.978. The van der Waals surface area contributed by atoms with Gasteiger partial charge in [-0.1, -0.05) is 13.3 Å². The fourth-order valence-electron chi connectivity index (χ4n) is 5.79. The lowest BCUT2D eigenvalue weighted by Crippen LogP contribution is -2.61. The third kappa shape index (κ3) is 0.400. The Morgan fingerprint density at radius 2 is 2.00 bits per heavy atom. The maximum Gasteiger partial charge on any atom is -0.0207 e. The van der Waals surface area contributed by atoms with Gasteiger partial charge >= 0.3 is 0 Å². The number of hydrogen-bond donors (Lipinski definition) is 0. The van der Waals surface area contributed by atoms with Crippen LogP contribution in [0.3, 0.4) is 0 Å². The number of rotatable bonds is 1. The van der Waals surface area contributed by atoms with E-state index in [0.717, 1.165) is 11.3 Å². The van der Waals surface area contributed by atoms with Crippen molar-refractivity contribution in [2.75, 3.05) is 0 Å². The van der Waals surface area contributed by atoms with Gasteiger partial charge in [0.15, 0.2) is 0 Å². The van der Waals surface area contributed by atoms with E-state index in [1.807, 2.05) is 0 Å². The highest BCUT2D eigenvalue weighted by Crippen LogP contribution is 2.82. The molecule has 12 heavy (non-hydrogen) atoms. The lowest BCUT2D eigenvalue weighted by Gasteiger charge is -2.68. The van der Waals surface area contributed by atoms with E-state index in [0.29, 0.717) is 0 Å². The van der Waals surface area contributed by atoms with Gasteiger partial charge in [-0.3, -0.25) is 0 Å². The quantitative estimate of drug-likeness (QED) is 0.556. The molecular formula is C12H18. The average molecular weight is 162 g/mol. The molecule has 0 aliphatic heterocycles. The van der Waals surface area contributed by atoms with Gasteiger partial charge in [0.1, 0.15) is 0 Å². The van der Waals surface area contributed by atoms with Crippen molar-refractivity contribution >= 4 is 0 Å². The van der Waals surface area contributed by atoms with Crippen LogP contribution in [0, 0.1) is 35.0 Å². The van der Waals surface area contributed by atoms with Crippen LogP contribution in [-0.2, 0) is 0 Å². The largest absolute Gasteiger partial charge is 0.0651 e. The van der Waals surface area contributed by atoms with Gasteiger partial charge in [-0.15, -0.1) is 0 Å². The van der Waals surface area contributed by atoms with Gasteiger partial charge in [0.25, 0.3) is 0 Å². The van der Waals surface area contributed by atoms with Gasteiger partial charge in [-0.2, -0.15) is 0 Å². The molecule has 0 heteroatoms. The molecule has 1 spiro atoms. The van der Waals surface area contributed by atoms with E-state index in [1.165, 1.54) is 30.1 Å². The maximum atomic E-state index is 2.42. The zero-order chi connectivity index (χ0) is 7.92. The molecule has 66 valence electrons. The second kappa shape index (κ2) is 1.63. The summed E-state index contributed by atoms with van der Waals surface area (Å²) in [6.45, 7) is 2.42. The molecule has 6 unspecified atom stereocenters. The van der Waals surface area contributed by atoms with Crippen molar-refractivity contribution in [2.45, 2.75) is 39.0 Å². The molecule has 6 atom stereocenters. The van der Waals surface area contributed by atoms with E-state index < -0.39 is 0 Å². The molecule has 0 aromatic carbocycles. The molecule has 2 bridgehead atoms. The molecule has 0 N–H and O–H groups in total. The van der Waals surface area contributed by atoms with Crippen LogP contribution in [0.4, 0.5) is 0 Å². The smallest absolute Gasteiger partial charge is 0.0207 e. The molecule has 0 radical (unpaired) electrons. The van der Waals surface area contributed by atoms with Gasteiger partial charge < -0.3 is 0 Å². The highest BCUT2D eigenvalue weighted by Gasteiger charge is 2.75. The monoisotopic (exact) mass is 162 g/mol. The average Bonchev–Trinajstić information content (AvgIpc) is 2.50. The molecule has 0 heterocycles. The van der Waals surface area contributed by atoms with Crippen molar-refractivity contribution in [3.63, 3.8) is 0 Å². The minimum absolute atomic E-state index is 0.978. The first kappa shape index (κ1) is 6.45. The molecule has 4 saturated carbocycles. The van der Waals surface area contributed by atoms with Crippen molar-refractivity contribution in [1.82, 2.24) is 0 Å². The summed E-state index contributed by atoms with van der Waals surface area (Å²) in [6, 6.07) is 0. The lowest BCUT2D eigenvalue weighted by atomic mass is 9.37. The van der Waals surface area contributed by atoms with Crippen LogP contribution in [0.1, 0.15) is 39.0 Å². The Morgan fingerprint density at radius 1 is 1.17 bits per heavy atom. The molecule has 4 fully saturated rings. The Kier molecular flexibility index (Phi) is 0.875. The van der Waals surface area contributed by atoms with Gasteiger partial charge in [-0.05, 0) is 60.7 Å². The zero-order valence-electron chi connectivity index (χ0n) is 7.92. The van der Waals surface area contributed by atoms with Gasteiger partial charge in [0.05, 0.1) is 0 Å². The van der Waals surface area contributed by atoms with Crippen molar-refractivity contribution in [1.29, 1.82) is 0 Å². The Balaban J connectivity index is 1.78. The highest BCUT2D eigenvalue weighted by atomic mass is 14.8. The lowest BCUT2D eigenvalue weighted by molar-refractivity contribution is -0.192. The van der Waals surface area contributed by atoms with Crippen molar-refractivity contribution in [3.05, 3.63) is 0 Å². The zero-order valence-corrected chi connectivity index (χ0v) is 7.92. The highest BCUT2D eigenvalue weighted by molar-refractivity contribution is 5.24.